The lowest BCUT2D eigenvalue weighted by atomic mass is 9.98. The summed E-state index contributed by atoms with van der Waals surface area (Å²) < 4.78 is 0. The summed E-state index contributed by atoms with van der Waals surface area (Å²) in [5, 5.41) is 6.16. The minimum absolute atomic E-state index is 0.0130. The summed E-state index contributed by atoms with van der Waals surface area (Å²) in [4.78, 5) is 10.7. The molecule has 74 valence electrons. The Morgan fingerprint density at radius 2 is 2.54 bits per heavy atom. The summed E-state index contributed by atoms with van der Waals surface area (Å²) >= 11 is 0. The lowest BCUT2D eigenvalue weighted by molar-refractivity contribution is -0.118. The summed E-state index contributed by atoms with van der Waals surface area (Å²) in [6.45, 7) is 4.75. The van der Waals surface area contributed by atoms with Gasteiger partial charge in [0.1, 0.15) is 0 Å². The van der Waals surface area contributed by atoms with Gasteiger partial charge in [-0.05, 0) is 25.8 Å². The van der Waals surface area contributed by atoms with Crippen molar-refractivity contribution < 1.29 is 4.79 Å². The van der Waals surface area contributed by atoms with Gasteiger partial charge in [0, 0.05) is 19.2 Å². The number of carbonyl (C=O) groups excluding carboxylic acids is 1. The second-order valence-electron chi connectivity index (χ2n) is 3.52. The summed E-state index contributed by atoms with van der Waals surface area (Å²) in [6, 6.07) is 0.591. The number of piperidine rings is 1. The molecule has 13 heavy (non-hydrogen) atoms. The topological polar surface area (TPSA) is 41.1 Å². The third-order valence-corrected chi connectivity index (χ3v) is 2.36. The van der Waals surface area contributed by atoms with E-state index in [9.17, 15) is 4.79 Å². The fourth-order valence-electron chi connectivity index (χ4n) is 1.55. The van der Waals surface area contributed by atoms with E-state index in [1.54, 1.807) is 0 Å². The van der Waals surface area contributed by atoms with Crippen molar-refractivity contribution in [3.8, 4) is 0 Å². The van der Waals surface area contributed by atoms with Gasteiger partial charge in [0.05, 0.1) is 0 Å². The molecule has 0 saturated carbocycles. The highest BCUT2D eigenvalue weighted by Crippen LogP contribution is 2.15. The molecule has 0 aromatic rings. The molecule has 3 nitrogen and oxygen atoms in total. The third-order valence-electron chi connectivity index (χ3n) is 2.36. The minimum atomic E-state index is 0.0130. The lowest BCUT2D eigenvalue weighted by Gasteiger charge is -2.24. The average molecular weight is 182 g/mol. The predicted molar refractivity (Wildman–Crippen MR) is 53.2 cm³/mol. The van der Waals surface area contributed by atoms with Crippen LogP contribution in [0.3, 0.4) is 0 Å². The van der Waals surface area contributed by atoms with Gasteiger partial charge in [-0.1, -0.05) is 12.5 Å². The summed E-state index contributed by atoms with van der Waals surface area (Å²) in [7, 11) is 0. The highest BCUT2D eigenvalue weighted by molar-refractivity contribution is 5.73. The summed E-state index contributed by atoms with van der Waals surface area (Å²) in [5.41, 5.74) is 1.35. The molecule has 0 spiro atoms. The first-order valence-electron chi connectivity index (χ1n) is 4.90. The van der Waals surface area contributed by atoms with Crippen LogP contribution in [0.15, 0.2) is 11.8 Å². The van der Waals surface area contributed by atoms with E-state index in [-0.39, 0.29) is 5.91 Å². The molecule has 1 rings (SSSR count). The molecule has 3 heteroatoms. The maximum atomic E-state index is 10.7. The normalized spacial score (nSPS) is 26.0. The SMILES string of the molecule is CCC1C/C(=C/NC(C)=O)CCN1. The van der Waals surface area contributed by atoms with Crippen LogP contribution in [0, 0.1) is 0 Å². The second kappa shape index (κ2) is 5.02. The molecule has 0 radical (unpaired) electrons. The first-order valence-corrected chi connectivity index (χ1v) is 4.90. The highest BCUT2D eigenvalue weighted by atomic mass is 16.1. The first kappa shape index (κ1) is 10.3. The van der Waals surface area contributed by atoms with Gasteiger partial charge < -0.3 is 10.6 Å². The molecule has 0 aromatic carbocycles. The van der Waals surface area contributed by atoms with E-state index in [0.29, 0.717) is 6.04 Å². The molecule has 1 aliphatic rings. The van der Waals surface area contributed by atoms with Crippen molar-refractivity contribution in [2.24, 2.45) is 0 Å². The number of nitrogens with one attached hydrogen (secondary N) is 2. The van der Waals surface area contributed by atoms with Gasteiger partial charge in [0.2, 0.25) is 5.91 Å². The molecule has 1 fully saturated rings. The monoisotopic (exact) mass is 182 g/mol. The zero-order valence-electron chi connectivity index (χ0n) is 8.39. The summed E-state index contributed by atoms with van der Waals surface area (Å²) in [5.74, 6) is 0.0130. The Bertz CT molecular complexity index is 211. The van der Waals surface area contributed by atoms with E-state index < -0.39 is 0 Å². The molecular formula is C10H18N2O. The van der Waals surface area contributed by atoms with E-state index in [1.165, 1.54) is 12.5 Å². The van der Waals surface area contributed by atoms with Crippen molar-refractivity contribution in [2.75, 3.05) is 6.54 Å². The Balaban J connectivity index is 2.41. The van der Waals surface area contributed by atoms with Crippen LogP contribution in [0.25, 0.3) is 0 Å². The molecule has 2 N–H and O–H groups in total. The van der Waals surface area contributed by atoms with Crippen LogP contribution in [0.2, 0.25) is 0 Å². The van der Waals surface area contributed by atoms with Crippen LogP contribution in [0.1, 0.15) is 33.1 Å². The van der Waals surface area contributed by atoms with Crippen molar-refractivity contribution in [1.29, 1.82) is 0 Å². The summed E-state index contributed by atoms with van der Waals surface area (Å²) in [6.07, 6.45) is 5.14. The number of carbonyl (C=O) groups is 1. The van der Waals surface area contributed by atoms with Crippen LogP contribution in [-0.2, 0) is 4.79 Å². The first-order chi connectivity index (χ1) is 6.22. The Hall–Kier alpha value is -0.830. The van der Waals surface area contributed by atoms with Crippen molar-refractivity contribution in [3.63, 3.8) is 0 Å². The van der Waals surface area contributed by atoms with Gasteiger partial charge in [-0.25, -0.2) is 0 Å². The number of rotatable bonds is 2. The maximum Gasteiger partial charge on any atom is 0.220 e. The van der Waals surface area contributed by atoms with E-state index in [0.717, 1.165) is 25.8 Å². The minimum Gasteiger partial charge on any atom is -0.333 e. The fraction of sp³-hybridized carbons (Fsp3) is 0.700. The van der Waals surface area contributed by atoms with Crippen LogP contribution in [0.5, 0.6) is 0 Å². The maximum absolute atomic E-state index is 10.7. The molecule has 1 unspecified atom stereocenters. The van der Waals surface area contributed by atoms with E-state index >= 15 is 0 Å². The fourth-order valence-corrected chi connectivity index (χ4v) is 1.55. The molecule has 0 bridgehead atoms. The number of hydrogen-bond acceptors (Lipinski definition) is 2. The molecule has 1 saturated heterocycles. The number of hydrogen-bond donors (Lipinski definition) is 2. The number of amides is 1. The molecule has 1 aliphatic heterocycles. The lowest BCUT2D eigenvalue weighted by Crippen LogP contribution is -2.34. The van der Waals surface area contributed by atoms with Crippen molar-refractivity contribution in [1.82, 2.24) is 10.6 Å². The predicted octanol–water partition coefficient (Wildman–Crippen LogP) is 1.17. The Morgan fingerprint density at radius 3 is 3.15 bits per heavy atom. The Kier molecular flexibility index (Phi) is 3.96. The highest BCUT2D eigenvalue weighted by Gasteiger charge is 2.13. The molecule has 0 aliphatic carbocycles. The molecule has 1 heterocycles. The Labute approximate surface area is 79.6 Å². The van der Waals surface area contributed by atoms with E-state index in [2.05, 4.69) is 17.6 Å². The van der Waals surface area contributed by atoms with Crippen LogP contribution < -0.4 is 10.6 Å². The van der Waals surface area contributed by atoms with Crippen molar-refractivity contribution >= 4 is 5.91 Å². The van der Waals surface area contributed by atoms with Gasteiger partial charge in [-0.3, -0.25) is 4.79 Å². The van der Waals surface area contributed by atoms with Crippen molar-refractivity contribution in [3.05, 3.63) is 11.8 Å². The van der Waals surface area contributed by atoms with Gasteiger partial charge in [-0.15, -0.1) is 0 Å². The standard InChI is InChI=1S/C10H18N2O/c1-3-10-6-9(4-5-11-10)7-12-8(2)13/h7,10-11H,3-6H2,1-2H3,(H,12,13)/b9-7+. The van der Waals surface area contributed by atoms with Gasteiger partial charge >= 0.3 is 0 Å². The zero-order chi connectivity index (χ0) is 9.68. The molecule has 0 aromatic heterocycles. The van der Waals surface area contributed by atoms with Crippen LogP contribution in [-0.4, -0.2) is 18.5 Å². The molecule has 1 amide bonds. The molecule has 1 atom stereocenters. The second-order valence-corrected chi connectivity index (χ2v) is 3.52. The smallest absolute Gasteiger partial charge is 0.220 e. The largest absolute Gasteiger partial charge is 0.333 e. The average Bonchev–Trinajstić information content (AvgIpc) is 2.15. The van der Waals surface area contributed by atoms with Gasteiger partial charge in [0.15, 0.2) is 0 Å². The third kappa shape index (κ3) is 3.59. The van der Waals surface area contributed by atoms with E-state index in [4.69, 9.17) is 0 Å². The quantitative estimate of drug-likeness (QED) is 0.673. The van der Waals surface area contributed by atoms with Gasteiger partial charge in [0.25, 0.3) is 0 Å². The molecular weight excluding hydrogens is 164 g/mol. The Morgan fingerprint density at radius 1 is 1.77 bits per heavy atom. The van der Waals surface area contributed by atoms with Crippen LogP contribution in [0.4, 0.5) is 0 Å². The van der Waals surface area contributed by atoms with Gasteiger partial charge in [-0.2, -0.15) is 0 Å². The van der Waals surface area contributed by atoms with Crippen LogP contribution >= 0.6 is 0 Å². The van der Waals surface area contributed by atoms with Crippen molar-refractivity contribution in [2.45, 2.75) is 39.2 Å². The zero-order valence-corrected chi connectivity index (χ0v) is 8.39. The van der Waals surface area contributed by atoms with E-state index in [1.807, 2.05) is 6.20 Å².